The van der Waals surface area contributed by atoms with Crippen LogP contribution in [0.2, 0.25) is 0 Å². The molecule has 0 saturated carbocycles. The highest BCUT2D eigenvalue weighted by atomic mass is 31.1. The SMILES string of the molecule is CCC=[P+]1CCCC1. The van der Waals surface area contributed by atoms with E-state index in [0.29, 0.717) is 7.55 Å². The van der Waals surface area contributed by atoms with Gasteiger partial charge in [0.1, 0.15) is 12.3 Å². The van der Waals surface area contributed by atoms with Gasteiger partial charge < -0.3 is 0 Å². The van der Waals surface area contributed by atoms with Crippen molar-refractivity contribution in [3.05, 3.63) is 0 Å². The Morgan fingerprint density at radius 2 is 2.00 bits per heavy atom. The van der Waals surface area contributed by atoms with Gasteiger partial charge in [0.05, 0.1) is 13.3 Å². The first kappa shape index (κ1) is 6.29. The topological polar surface area (TPSA) is 0 Å². The van der Waals surface area contributed by atoms with E-state index in [4.69, 9.17) is 0 Å². The summed E-state index contributed by atoms with van der Waals surface area (Å²) in [6.45, 7) is 2.25. The van der Waals surface area contributed by atoms with Crippen LogP contribution < -0.4 is 0 Å². The molecule has 0 radical (unpaired) electrons. The average Bonchev–Trinajstić information content (AvgIpc) is 2.19. The summed E-state index contributed by atoms with van der Waals surface area (Å²) in [5, 5.41) is 0. The molecule has 1 heteroatoms. The third-order valence-electron chi connectivity index (χ3n) is 1.58. The fourth-order valence-electron chi connectivity index (χ4n) is 1.18. The van der Waals surface area contributed by atoms with Crippen molar-refractivity contribution >= 4 is 13.3 Å². The second kappa shape index (κ2) is 3.25. The summed E-state index contributed by atoms with van der Waals surface area (Å²) in [7, 11) is 0.430. The van der Waals surface area contributed by atoms with Gasteiger partial charge in [0, 0.05) is 6.42 Å². The van der Waals surface area contributed by atoms with Gasteiger partial charge in [-0.25, -0.2) is 0 Å². The summed E-state index contributed by atoms with van der Waals surface area (Å²) in [5.74, 6) is 2.53. The lowest BCUT2D eigenvalue weighted by Gasteiger charge is -1.75. The maximum Gasteiger partial charge on any atom is 0.106 e. The lowest BCUT2D eigenvalue weighted by Crippen LogP contribution is -1.69. The van der Waals surface area contributed by atoms with Gasteiger partial charge in [-0.2, -0.15) is 0 Å². The molecule has 0 unspecified atom stereocenters. The minimum absolute atomic E-state index is 0.430. The quantitative estimate of drug-likeness (QED) is 0.477. The van der Waals surface area contributed by atoms with Crippen LogP contribution in [0.5, 0.6) is 0 Å². The predicted molar refractivity (Wildman–Crippen MR) is 42.2 cm³/mol. The van der Waals surface area contributed by atoms with Crippen LogP contribution in [0.3, 0.4) is 0 Å². The second-order valence-corrected chi connectivity index (χ2v) is 4.77. The molecule has 0 spiro atoms. The molecular formula is C7H14P+. The largest absolute Gasteiger partial charge is 0.106 e. The third kappa shape index (κ3) is 1.59. The van der Waals surface area contributed by atoms with Gasteiger partial charge >= 0.3 is 0 Å². The van der Waals surface area contributed by atoms with Crippen molar-refractivity contribution in [1.29, 1.82) is 0 Å². The van der Waals surface area contributed by atoms with E-state index in [1.165, 1.54) is 31.6 Å². The standard InChI is InChI=1S/C7H14P/c1-2-5-8-6-3-4-7-8/h5H,2-4,6-7H2,1H3/q+1. The molecule has 1 aliphatic rings. The van der Waals surface area contributed by atoms with Gasteiger partial charge in [-0.3, -0.25) is 0 Å². The fraction of sp³-hybridized carbons (Fsp3) is 0.857. The minimum atomic E-state index is 0.430. The van der Waals surface area contributed by atoms with E-state index >= 15 is 0 Å². The Morgan fingerprint density at radius 1 is 1.38 bits per heavy atom. The summed E-state index contributed by atoms with van der Waals surface area (Å²) in [6, 6.07) is 0. The molecule has 0 atom stereocenters. The maximum absolute atomic E-state index is 2.53. The highest BCUT2D eigenvalue weighted by molar-refractivity contribution is 7.57. The maximum atomic E-state index is 2.53. The van der Waals surface area contributed by atoms with Crippen molar-refractivity contribution in [1.82, 2.24) is 0 Å². The van der Waals surface area contributed by atoms with Gasteiger partial charge in [-0.05, 0) is 12.8 Å². The van der Waals surface area contributed by atoms with Crippen molar-refractivity contribution in [3.8, 4) is 0 Å². The number of hydrogen-bond donors (Lipinski definition) is 0. The van der Waals surface area contributed by atoms with E-state index in [-0.39, 0.29) is 0 Å². The van der Waals surface area contributed by atoms with E-state index in [1.54, 1.807) is 0 Å². The molecule has 0 N–H and O–H groups in total. The molecule has 0 nitrogen and oxygen atoms in total. The number of hydrogen-bond acceptors (Lipinski definition) is 0. The van der Waals surface area contributed by atoms with Gasteiger partial charge in [-0.1, -0.05) is 6.92 Å². The van der Waals surface area contributed by atoms with E-state index in [1.807, 2.05) is 0 Å². The summed E-state index contributed by atoms with van der Waals surface area (Å²) < 4.78 is 0. The summed E-state index contributed by atoms with van der Waals surface area (Å²) in [4.78, 5) is 0. The lowest BCUT2D eigenvalue weighted by atomic mass is 10.4. The van der Waals surface area contributed by atoms with Crippen LogP contribution in [-0.2, 0) is 0 Å². The first-order valence-corrected chi connectivity index (χ1v) is 5.29. The first-order valence-electron chi connectivity index (χ1n) is 3.51. The molecule has 0 aromatic carbocycles. The van der Waals surface area contributed by atoms with E-state index in [2.05, 4.69) is 12.7 Å². The molecule has 1 fully saturated rings. The molecule has 0 aromatic rings. The molecule has 0 bridgehead atoms. The Balaban J connectivity index is 2.33. The Labute approximate surface area is 52.7 Å². The molecule has 0 amide bonds. The highest BCUT2D eigenvalue weighted by Crippen LogP contribution is 2.32. The minimum Gasteiger partial charge on any atom is -0.0582 e. The Kier molecular flexibility index (Phi) is 2.55. The van der Waals surface area contributed by atoms with Crippen LogP contribution in [0.25, 0.3) is 0 Å². The van der Waals surface area contributed by atoms with Crippen molar-refractivity contribution < 1.29 is 0 Å². The van der Waals surface area contributed by atoms with E-state index in [0.717, 1.165) is 0 Å². The third-order valence-corrected chi connectivity index (χ3v) is 4.24. The number of rotatable bonds is 1. The second-order valence-electron chi connectivity index (χ2n) is 2.33. The molecule has 8 heavy (non-hydrogen) atoms. The Hall–Kier alpha value is 0.170. The van der Waals surface area contributed by atoms with Crippen LogP contribution in [-0.4, -0.2) is 18.1 Å². The van der Waals surface area contributed by atoms with Crippen LogP contribution >= 0.6 is 7.55 Å². The molecule has 0 aromatic heterocycles. The zero-order chi connectivity index (χ0) is 5.82. The molecule has 46 valence electrons. The monoisotopic (exact) mass is 129 g/mol. The van der Waals surface area contributed by atoms with Gasteiger partial charge in [0.2, 0.25) is 0 Å². The molecule has 1 rings (SSSR count). The van der Waals surface area contributed by atoms with Crippen molar-refractivity contribution in [3.63, 3.8) is 0 Å². The Bertz CT molecular complexity index is 86.6. The fourth-order valence-corrected chi connectivity index (χ4v) is 3.55. The zero-order valence-corrected chi connectivity index (χ0v) is 6.45. The van der Waals surface area contributed by atoms with Gasteiger partial charge in [0.25, 0.3) is 0 Å². The zero-order valence-electron chi connectivity index (χ0n) is 5.56. The van der Waals surface area contributed by atoms with E-state index < -0.39 is 0 Å². The smallest absolute Gasteiger partial charge is 0.0582 e. The summed E-state index contributed by atoms with van der Waals surface area (Å²) >= 11 is 0. The molecule has 1 heterocycles. The van der Waals surface area contributed by atoms with Crippen LogP contribution in [0, 0.1) is 0 Å². The van der Waals surface area contributed by atoms with Crippen LogP contribution in [0.4, 0.5) is 0 Å². The molecule has 1 saturated heterocycles. The molecule has 0 aliphatic carbocycles. The highest BCUT2D eigenvalue weighted by Gasteiger charge is 2.15. The van der Waals surface area contributed by atoms with Crippen molar-refractivity contribution in [2.75, 3.05) is 12.3 Å². The predicted octanol–water partition coefficient (Wildman–Crippen LogP) is 2.47. The normalized spacial score (nSPS) is 19.4. The first-order chi connectivity index (χ1) is 3.93. The summed E-state index contributed by atoms with van der Waals surface area (Å²) in [6.07, 6.45) is 7.36. The Morgan fingerprint density at radius 3 is 2.50 bits per heavy atom. The lowest BCUT2D eigenvalue weighted by molar-refractivity contribution is 0.949. The average molecular weight is 129 g/mol. The molecular weight excluding hydrogens is 115 g/mol. The van der Waals surface area contributed by atoms with Gasteiger partial charge in [0.15, 0.2) is 0 Å². The summed E-state index contributed by atoms with van der Waals surface area (Å²) in [5.41, 5.74) is 0. The van der Waals surface area contributed by atoms with E-state index in [9.17, 15) is 0 Å². The van der Waals surface area contributed by atoms with Crippen LogP contribution in [0.1, 0.15) is 26.2 Å². The van der Waals surface area contributed by atoms with Crippen LogP contribution in [0.15, 0.2) is 0 Å². The van der Waals surface area contributed by atoms with Gasteiger partial charge in [-0.15, -0.1) is 0 Å². The van der Waals surface area contributed by atoms with Crippen molar-refractivity contribution in [2.24, 2.45) is 0 Å². The molecule has 1 aliphatic heterocycles. The van der Waals surface area contributed by atoms with Crippen molar-refractivity contribution in [2.45, 2.75) is 26.2 Å².